The van der Waals surface area contributed by atoms with Gasteiger partial charge in [0, 0.05) is 14.2 Å². The Hall–Kier alpha value is -1.34. The Bertz CT molecular complexity index is 270. The van der Waals surface area contributed by atoms with Crippen LogP contribution in [0.25, 0.3) is 0 Å². The van der Waals surface area contributed by atoms with E-state index in [1.807, 2.05) is 0 Å². The highest BCUT2D eigenvalue weighted by atomic mass is 16.6. The molecule has 1 rings (SSSR count). The molecule has 1 aliphatic heterocycles. The molecule has 1 atom stereocenters. The molecule has 0 aliphatic carbocycles. The first-order valence-electron chi connectivity index (χ1n) is 5.27. The van der Waals surface area contributed by atoms with Crippen molar-refractivity contribution in [1.82, 2.24) is 4.90 Å². The van der Waals surface area contributed by atoms with Crippen molar-refractivity contribution < 1.29 is 28.5 Å². The summed E-state index contributed by atoms with van der Waals surface area (Å²) in [6, 6.07) is 0. The van der Waals surface area contributed by atoms with E-state index in [-0.39, 0.29) is 13.2 Å². The van der Waals surface area contributed by atoms with E-state index >= 15 is 0 Å². The van der Waals surface area contributed by atoms with Crippen molar-refractivity contribution in [3.05, 3.63) is 0 Å². The number of amides is 1. The zero-order valence-electron chi connectivity index (χ0n) is 10.0. The lowest BCUT2D eigenvalue weighted by Crippen LogP contribution is -2.25. The lowest BCUT2D eigenvalue weighted by molar-refractivity contribution is -0.151. The van der Waals surface area contributed by atoms with Crippen LogP contribution in [0, 0.1) is 0 Å². The van der Waals surface area contributed by atoms with Crippen molar-refractivity contribution in [2.45, 2.75) is 6.10 Å². The number of nitrogens with zero attached hydrogens (tertiary/aromatic N) is 1. The van der Waals surface area contributed by atoms with E-state index in [1.54, 1.807) is 14.2 Å². The molecule has 0 aromatic rings. The molecule has 1 amide bonds. The number of esters is 1. The van der Waals surface area contributed by atoms with Crippen LogP contribution in [0.5, 0.6) is 0 Å². The summed E-state index contributed by atoms with van der Waals surface area (Å²) < 4.78 is 19.5. The Morgan fingerprint density at radius 2 is 2.29 bits per heavy atom. The largest absolute Gasteiger partial charge is 0.460 e. The van der Waals surface area contributed by atoms with Gasteiger partial charge in [-0.3, -0.25) is 0 Å². The van der Waals surface area contributed by atoms with Gasteiger partial charge in [0.1, 0.15) is 13.2 Å². The second-order valence-corrected chi connectivity index (χ2v) is 3.61. The Balaban J connectivity index is 2.06. The third kappa shape index (κ3) is 5.01. The molecule has 0 bridgehead atoms. The lowest BCUT2D eigenvalue weighted by Gasteiger charge is -2.09. The van der Waals surface area contributed by atoms with Gasteiger partial charge in [-0.2, -0.15) is 0 Å². The van der Waals surface area contributed by atoms with Crippen molar-refractivity contribution in [3.63, 3.8) is 0 Å². The standard InChI is InChI=1S/C10H17NO6/c1-11-5-8(17-10(11)13)6-16-9(12)7-15-4-3-14-2/h8H,3-7H2,1-2H3/t8-/m0/s1. The molecule has 1 fully saturated rings. The van der Waals surface area contributed by atoms with Crippen molar-refractivity contribution in [1.29, 1.82) is 0 Å². The predicted molar refractivity (Wildman–Crippen MR) is 56.6 cm³/mol. The Morgan fingerprint density at radius 3 is 2.88 bits per heavy atom. The Kier molecular flexibility index (Phi) is 5.71. The van der Waals surface area contributed by atoms with E-state index in [4.69, 9.17) is 18.9 Å². The maximum Gasteiger partial charge on any atom is 0.410 e. The molecular weight excluding hydrogens is 230 g/mol. The SMILES string of the molecule is COCCOCC(=O)OC[C@@H]1CN(C)C(=O)O1. The fourth-order valence-corrected chi connectivity index (χ4v) is 1.26. The molecule has 7 nitrogen and oxygen atoms in total. The number of methoxy groups -OCH3 is 1. The molecule has 0 unspecified atom stereocenters. The van der Waals surface area contributed by atoms with Crippen molar-refractivity contribution in [3.8, 4) is 0 Å². The van der Waals surface area contributed by atoms with Crippen molar-refractivity contribution >= 4 is 12.1 Å². The van der Waals surface area contributed by atoms with Gasteiger partial charge in [0.2, 0.25) is 0 Å². The molecule has 0 spiro atoms. The van der Waals surface area contributed by atoms with Crippen LogP contribution in [0.1, 0.15) is 0 Å². The van der Waals surface area contributed by atoms with E-state index in [1.165, 1.54) is 4.90 Å². The third-order valence-corrected chi connectivity index (χ3v) is 2.14. The summed E-state index contributed by atoms with van der Waals surface area (Å²) in [7, 11) is 3.17. The molecule has 7 heteroatoms. The molecule has 1 aliphatic rings. The van der Waals surface area contributed by atoms with E-state index in [2.05, 4.69) is 0 Å². The van der Waals surface area contributed by atoms with Crippen LogP contribution < -0.4 is 0 Å². The number of hydrogen-bond donors (Lipinski definition) is 0. The molecule has 0 N–H and O–H groups in total. The molecule has 0 radical (unpaired) electrons. The van der Waals surface area contributed by atoms with Gasteiger partial charge in [-0.15, -0.1) is 0 Å². The number of ether oxygens (including phenoxy) is 4. The predicted octanol–water partition coefficient (Wildman–Crippen LogP) is -0.357. The maximum absolute atomic E-state index is 11.2. The molecule has 0 aromatic heterocycles. The topological polar surface area (TPSA) is 74.3 Å². The number of rotatable bonds is 7. The van der Waals surface area contributed by atoms with Gasteiger partial charge in [-0.25, -0.2) is 9.59 Å². The summed E-state index contributed by atoms with van der Waals surface area (Å²) in [6.07, 6.45) is -0.794. The number of carbonyl (C=O) groups is 2. The van der Waals surface area contributed by atoms with Crippen LogP contribution in [0.3, 0.4) is 0 Å². The van der Waals surface area contributed by atoms with E-state index in [0.29, 0.717) is 19.8 Å². The molecule has 0 aromatic carbocycles. The minimum Gasteiger partial charge on any atom is -0.460 e. The first-order valence-corrected chi connectivity index (χ1v) is 5.27. The van der Waals surface area contributed by atoms with Crippen molar-refractivity contribution in [2.24, 2.45) is 0 Å². The summed E-state index contributed by atoms with van der Waals surface area (Å²) in [6.45, 7) is 1.13. The van der Waals surface area contributed by atoms with Gasteiger partial charge >= 0.3 is 12.1 Å². The summed E-state index contributed by atoms with van der Waals surface area (Å²) in [5, 5.41) is 0. The summed E-state index contributed by atoms with van der Waals surface area (Å²) >= 11 is 0. The van der Waals surface area contributed by atoms with Gasteiger partial charge < -0.3 is 23.8 Å². The van der Waals surface area contributed by atoms with E-state index in [0.717, 1.165) is 0 Å². The van der Waals surface area contributed by atoms with Crippen LogP contribution in [-0.2, 0) is 23.7 Å². The minimum absolute atomic E-state index is 0.0581. The normalized spacial score (nSPS) is 19.3. The van der Waals surface area contributed by atoms with E-state index in [9.17, 15) is 9.59 Å². The number of cyclic esters (lactones) is 1. The highest BCUT2D eigenvalue weighted by Gasteiger charge is 2.29. The second kappa shape index (κ2) is 7.08. The maximum atomic E-state index is 11.2. The van der Waals surface area contributed by atoms with Gasteiger partial charge in [0.05, 0.1) is 19.8 Å². The lowest BCUT2D eigenvalue weighted by atomic mass is 10.4. The van der Waals surface area contributed by atoms with Crippen LogP contribution in [0.15, 0.2) is 0 Å². The summed E-state index contributed by atoms with van der Waals surface area (Å²) in [4.78, 5) is 23.6. The first kappa shape index (κ1) is 13.7. The fourth-order valence-electron chi connectivity index (χ4n) is 1.26. The first-order chi connectivity index (χ1) is 8.13. The van der Waals surface area contributed by atoms with Crippen molar-refractivity contribution in [2.75, 3.05) is 47.1 Å². The van der Waals surface area contributed by atoms with Gasteiger partial charge in [0.25, 0.3) is 0 Å². The van der Waals surface area contributed by atoms with Gasteiger partial charge in [-0.1, -0.05) is 0 Å². The zero-order chi connectivity index (χ0) is 12.7. The van der Waals surface area contributed by atoms with Crippen LogP contribution >= 0.6 is 0 Å². The molecule has 0 saturated carbocycles. The van der Waals surface area contributed by atoms with Crippen LogP contribution in [0.2, 0.25) is 0 Å². The average Bonchev–Trinajstić information content (AvgIpc) is 2.62. The summed E-state index contributed by atoms with van der Waals surface area (Å²) in [5.41, 5.74) is 0. The highest BCUT2D eigenvalue weighted by Crippen LogP contribution is 2.08. The Labute approximate surface area is 99.6 Å². The van der Waals surface area contributed by atoms with Gasteiger partial charge in [0.15, 0.2) is 6.10 Å². The quantitative estimate of drug-likeness (QED) is 0.452. The zero-order valence-corrected chi connectivity index (χ0v) is 10.0. The molecular formula is C10H17NO6. The van der Waals surface area contributed by atoms with Crippen LogP contribution in [-0.4, -0.2) is 70.2 Å². The number of likely N-dealkylation sites (N-methyl/N-ethyl adjacent to an activating group) is 1. The average molecular weight is 247 g/mol. The molecule has 1 heterocycles. The smallest absolute Gasteiger partial charge is 0.410 e. The minimum atomic E-state index is -0.480. The second-order valence-electron chi connectivity index (χ2n) is 3.61. The number of hydrogen-bond acceptors (Lipinski definition) is 6. The molecule has 98 valence electrons. The molecule has 1 saturated heterocycles. The highest BCUT2D eigenvalue weighted by molar-refractivity contribution is 5.71. The van der Waals surface area contributed by atoms with E-state index < -0.39 is 18.2 Å². The Morgan fingerprint density at radius 1 is 1.53 bits per heavy atom. The monoisotopic (exact) mass is 247 g/mol. The van der Waals surface area contributed by atoms with Crippen LogP contribution in [0.4, 0.5) is 4.79 Å². The number of carbonyl (C=O) groups excluding carboxylic acids is 2. The summed E-state index contributed by atoms with van der Waals surface area (Å²) in [5.74, 6) is -0.480. The van der Waals surface area contributed by atoms with Gasteiger partial charge in [-0.05, 0) is 0 Å². The fraction of sp³-hybridized carbons (Fsp3) is 0.800. The third-order valence-electron chi connectivity index (χ3n) is 2.14. The molecule has 17 heavy (non-hydrogen) atoms.